The van der Waals surface area contributed by atoms with Crippen molar-refractivity contribution in [3.05, 3.63) is 35.9 Å². The maximum absolute atomic E-state index is 10.3. The van der Waals surface area contributed by atoms with Crippen molar-refractivity contribution in [2.45, 2.75) is 0 Å². The van der Waals surface area contributed by atoms with Gasteiger partial charge in [0.25, 0.3) is 0 Å². The van der Waals surface area contributed by atoms with Gasteiger partial charge >= 0.3 is 5.97 Å². The number of carboxylic acids is 1. The summed E-state index contributed by atoms with van der Waals surface area (Å²) in [7, 11) is 0. The Balaban J connectivity index is 2.69. The molecule has 0 saturated carbocycles. The number of ether oxygens (including phenoxy) is 1. The molecule has 0 unspecified atom stereocenters. The molecule has 0 aliphatic heterocycles. The van der Waals surface area contributed by atoms with E-state index in [-0.39, 0.29) is 0 Å². The topological polar surface area (TPSA) is 46.5 Å². The van der Waals surface area contributed by atoms with Gasteiger partial charge in [-0.25, -0.2) is 4.79 Å². The zero-order valence-electron chi connectivity index (χ0n) is 8.02. The fraction of sp³-hybridized carbons (Fsp3) is 0.182. The highest BCUT2D eigenvalue weighted by atomic mass is 79.9. The maximum atomic E-state index is 10.3. The minimum absolute atomic E-state index is 0.589. The van der Waals surface area contributed by atoms with Crippen LogP contribution < -0.4 is 4.74 Å². The molecule has 1 N–H and O–H groups in total. The third-order valence-corrected chi connectivity index (χ3v) is 1.95. The van der Waals surface area contributed by atoms with Gasteiger partial charge in [0.15, 0.2) is 0 Å². The van der Waals surface area contributed by atoms with E-state index >= 15 is 0 Å². The highest BCUT2D eigenvalue weighted by Gasteiger charge is 1.94. The van der Waals surface area contributed by atoms with Crippen LogP contribution in [0.2, 0.25) is 0 Å². The molecule has 15 heavy (non-hydrogen) atoms. The van der Waals surface area contributed by atoms with Crippen molar-refractivity contribution < 1.29 is 14.6 Å². The molecular weight excluding hydrogens is 260 g/mol. The van der Waals surface area contributed by atoms with Crippen molar-refractivity contribution in [1.82, 2.24) is 0 Å². The van der Waals surface area contributed by atoms with Gasteiger partial charge in [0, 0.05) is 11.4 Å². The van der Waals surface area contributed by atoms with Crippen molar-refractivity contribution in [2.75, 3.05) is 11.9 Å². The molecule has 0 heterocycles. The molecule has 0 aromatic heterocycles. The predicted octanol–water partition coefficient (Wildman–Crippen LogP) is 2.56. The van der Waals surface area contributed by atoms with E-state index in [9.17, 15) is 4.79 Å². The van der Waals surface area contributed by atoms with E-state index in [1.54, 1.807) is 6.07 Å². The summed E-state index contributed by atoms with van der Waals surface area (Å²) in [6, 6.07) is 7.27. The summed E-state index contributed by atoms with van der Waals surface area (Å²) in [5, 5.41) is 9.23. The van der Waals surface area contributed by atoms with Crippen LogP contribution in [0.3, 0.4) is 0 Å². The fourth-order valence-electron chi connectivity index (χ4n) is 1.03. The van der Waals surface area contributed by atoms with E-state index in [4.69, 9.17) is 9.84 Å². The van der Waals surface area contributed by atoms with Crippen LogP contribution in [0.5, 0.6) is 5.75 Å². The molecular formula is C11H11BrO3. The molecule has 0 spiro atoms. The third kappa shape index (κ3) is 4.65. The number of rotatable bonds is 5. The second kappa shape index (κ2) is 6.24. The Labute approximate surface area is 96.5 Å². The second-order valence-electron chi connectivity index (χ2n) is 2.78. The molecule has 0 aliphatic carbocycles. The average Bonchev–Trinajstić information content (AvgIpc) is 2.24. The van der Waals surface area contributed by atoms with Crippen LogP contribution in [-0.4, -0.2) is 23.0 Å². The minimum Gasteiger partial charge on any atom is -0.493 e. The fourth-order valence-corrected chi connectivity index (χ4v) is 1.19. The van der Waals surface area contributed by atoms with E-state index in [0.717, 1.165) is 22.7 Å². The number of carbonyl (C=O) groups is 1. The summed E-state index contributed by atoms with van der Waals surface area (Å²) in [6.07, 6.45) is 2.63. The molecule has 1 aromatic rings. The number of hydrogen-bond donors (Lipinski definition) is 1. The number of benzene rings is 1. The first-order valence-electron chi connectivity index (χ1n) is 4.42. The maximum Gasteiger partial charge on any atom is 0.328 e. The molecule has 0 radical (unpaired) electrons. The minimum atomic E-state index is -0.957. The predicted molar refractivity (Wildman–Crippen MR) is 62.4 cm³/mol. The Morgan fingerprint density at radius 1 is 1.53 bits per heavy atom. The zero-order valence-corrected chi connectivity index (χ0v) is 9.61. The molecule has 0 amide bonds. The van der Waals surface area contributed by atoms with Crippen LogP contribution in [0.4, 0.5) is 0 Å². The zero-order chi connectivity index (χ0) is 11.1. The lowest BCUT2D eigenvalue weighted by Crippen LogP contribution is -1.97. The number of alkyl halides is 1. The number of aliphatic carboxylic acids is 1. The molecule has 1 rings (SSSR count). The summed E-state index contributed by atoms with van der Waals surface area (Å²) >= 11 is 3.26. The van der Waals surface area contributed by atoms with Crippen LogP contribution >= 0.6 is 15.9 Å². The summed E-state index contributed by atoms with van der Waals surface area (Å²) in [6.45, 7) is 0.589. The van der Waals surface area contributed by atoms with Crippen molar-refractivity contribution in [3.8, 4) is 5.75 Å². The van der Waals surface area contributed by atoms with E-state index < -0.39 is 5.97 Å². The molecule has 1 aromatic carbocycles. The molecule has 0 bridgehead atoms. The summed E-state index contributed by atoms with van der Waals surface area (Å²) < 4.78 is 5.37. The van der Waals surface area contributed by atoms with Gasteiger partial charge in [-0.05, 0) is 23.8 Å². The van der Waals surface area contributed by atoms with E-state index in [0.29, 0.717) is 6.61 Å². The number of carboxylic acid groups (broad SMARTS) is 1. The lowest BCUT2D eigenvalue weighted by molar-refractivity contribution is -0.131. The van der Waals surface area contributed by atoms with Crippen molar-refractivity contribution >= 4 is 28.0 Å². The van der Waals surface area contributed by atoms with Gasteiger partial charge in [-0.15, -0.1) is 0 Å². The number of hydrogen-bond acceptors (Lipinski definition) is 2. The largest absolute Gasteiger partial charge is 0.493 e. The molecule has 0 fully saturated rings. The van der Waals surface area contributed by atoms with Crippen molar-refractivity contribution in [3.63, 3.8) is 0 Å². The standard InChI is InChI=1S/C11H11BrO3/c12-6-7-15-10-3-1-2-9(8-10)4-5-11(13)14/h1-5,8H,6-7H2,(H,13,14)/b5-4+. The summed E-state index contributed by atoms with van der Waals surface area (Å²) in [5.41, 5.74) is 0.810. The Morgan fingerprint density at radius 3 is 3.00 bits per heavy atom. The molecule has 80 valence electrons. The first-order chi connectivity index (χ1) is 7.22. The first kappa shape index (κ1) is 11.8. The first-order valence-corrected chi connectivity index (χ1v) is 5.54. The molecule has 3 nitrogen and oxygen atoms in total. The van der Waals surface area contributed by atoms with Gasteiger partial charge in [0.1, 0.15) is 5.75 Å². The molecule has 4 heteroatoms. The molecule has 0 atom stereocenters. The van der Waals surface area contributed by atoms with Crippen LogP contribution in [0, 0.1) is 0 Å². The second-order valence-corrected chi connectivity index (χ2v) is 3.57. The summed E-state index contributed by atoms with van der Waals surface area (Å²) in [5.74, 6) is -0.219. The van der Waals surface area contributed by atoms with Crippen molar-refractivity contribution in [1.29, 1.82) is 0 Å². The lowest BCUT2D eigenvalue weighted by Gasteiger charge is -2.03. The van der Waals surface area contributed by atoms with Crippen LogP contribution in [0.25, 0.3) is 6.08 Å². The van der Waals surface area contributed by atoms with Gasteiger partial charge in [-0.1, -0.05) is 28.1 Å². The van der Waals surface area contributed by atoms with Gasteiger partial charge in [0.2, 0.25) is 0 Å². The number of halogens is 1. The normalized spacial score (nSPS) is 10.5. The van der Waals surface area contributed by atoms with Crippen molar-refractivity contribution in [2.24, 2.45) is 0 Å². The summed E-state index contributed by atoms with van der Waals surface area (Å²) in [4.78, 5) is 10.3. The lowest BCUT2D eigenvalue weighted by atomic mass is 10.2. The van der Waals surface area contributed by atoms with Crippen LogP contribution in [0.1, 0.15) is 5.56 Å². The Kier molecular flexibility index (Phi) is 4.90. The smallest absolute Gasteiger partial charge is 0.328 e. The Hall–Kier alpha value is -1.29. The quantitative estimate of drug-likeness (QED) is 0.661. The molecule has 0 saturated heterocycles. The molecule has 0 aliphatic rings. The Morgan fingerprint density at radius 2 is 2.33 bits per heavy atom. The van der Waals surface area contributed by atoms with Crippen LogP contribution in [-0.2, 0) is 4.79 Å². The third-order valence-electron chi connectivity index (χ3n) is 1.62. The van der Waals surface area contributed by atoms with Gasteiger partial charge in [0.05, 0.1) is 6.61 Å². The van der Waals surface area contributed by atoms with Crippen LogP contribution in [0.15, 0.2) is 30.3 Å². The van der Waals surface area contributed by atoms with Gasteiger partial charge in [-0.2, -0.15) is 0 Å². The van der Waals surface area contributed by atoms with E-state index in [1.165, 1.54) is 6.08 Å². The average molecular weight is 271 g/mol. The highest BCUT2D eigenvalue weighted by molar-refractivity contribution is 9.09. The van der Waals surface area contributed by atoms with Gasteiger partial charge in [-0.3, -0.25) is 0 Å². The van der Waals surface area contributed by atoms with Gasteiger partial charge < -0.3 is 9.84 Å². The van der Waals surface area contributed by atoms with E-state index in [1.807, 2.05) is 18.2 Å². The highest BCUT2D eigenvalue weighted by Crippen LogP contribution is 2.14. The monoisotopic (exact) mass is 270 g/mol. The van der Waals surface area contributed by atoms with E-state index in [2.05, 4.69) is 15.9 Å². The SMILES string of the molecule is O=C(O)/C=C/c1cccc(OCCBr)c1. The Bertz CT molecular complexity index is 361.